The molecule has 0 radical (unpaired) electrons. The van der Waals surface area contributed by atoms with E-state index in [1.807, 2.05) is 0 Å². The van der Waals surface area contributed by atoms with Crippen LogP contribution in [0.15, 0.2) is 59.7 Å². The van der Waals surface area contributed by atoms with Crippen LogP contribution in [0.25, 0.3) is 10.9 Å². The van der Waals surface area contributed by atoms with E-state index in [1.54, 1.807) is 53.4 Å². The summed E-state index contributed by atoms with van der Waals surface area (Å²) in [4.78, 5) is 28.0. The lowest BCUT2D eigenvalue weighted by Crippen LogP contribution is -2.20. The van der Waals surface area contributed by atoms with Gasteiger partial charge in [0.1, 0.15) is 12.4 Å². The monoisotopic (exact) mass is 313 g/mol. The number of hydrogen-bond acceptors (Lipinski definition) is 3. The van der Waals surface area contributed by atoms with Gasteiger partial charge in [-0.15, -0.1) is 0 Å². The molecule has 1 aromatic carbocycles. The number of halogens is 1. The first-order valence-electron chi connectivity index (χ1n) is 6.63. The molecular formula is C16H12ClN3O2. The van der Waals surface area contributed by atoms with Crippen molar-refractivity contribution in [1.29, 1.82) is 0 Å². The Hall–Kier alpha value is -2.66. The molecule has 0 bridgehead atoms. The fraction of sp³-hybridized carbons (Fsp3) is 0.0625. The van der Waals surface area contributed by atoms with Gasteiger partial charge in [0, 0.05) is 28.9 Å². The molecule has 0 saturated heterocycles. The molecule has 0 atom stereocenters. The minimum absolute atomic E-state index is 0.0784. The van der Waals surface area contributed by atoms with Crippen LogP contribution in [0, 0.1) is 0 Å². The second kappa shape index (κ2) is 5.99. The van der Waals surface area contributed by atoms with Gasteiger partial charge in [0.2, 0.25) is 5.91 Å². The van der Waals surface area contributed by atoms with Crippen LogP contribution < -0.4 is 10.7 Å². The lowest BCUT2D eigenvalue weighted by atomic mass is 10.2. The lowest BCUT2D eigenvalue weighted by Gasteiger charge is -2.11. The van der Waals surface area contributed by atoms with Crippen LogP contribution in [0.2, 0.25) is 5.02 Å². The second-order valence-electron chi connectivity index (χ2n) is 4.73. The van der Waals surface area contributed by atoms with Crippen molar-refractivity contribution < 1.29 is 4.79 Å². The van der Waals surface area contributed by atoms with E-state index in [1.165, 1.54) is 6.07 Å². The Morgan fingerprint density at radius 2 is 2.09 bits per heavy atom. The number of benzene rings is 1. The normalized spacial score (nSPS) is 10.6. The smallest absolute Gasteiger partial charge is 0.245 e. The summed E-state index contributed by atoms with van der Waals surface area (Å²) in [6.45, 7) is 0.0784. The number of amides is 1. The van der Waals surface area contributed by atoms with E-state index in [2.05, 4.69) is 10.3 Å². The number of hydrogen-bond donors (Lipinski definition) is 1. The fourth-order valence-electron chi connectivity index (χ4n) is 2.20. The quantitative estimate of drug-likeness (QED) is 0.808. The molecule has 110 valence electrons. The first kappa shape index (κ1) is 14.3. The molecule has 1 N–H and O–H groups in total. The summed E-state index contributed by atoms with van der Waals surface area (Å²) in [6, 6.07) is 11.7. The van der Waals surface area contributed by atoms with Crippen LogP contribution in [-0.2, 0) is 11.3 Å². The SMILES string of the molecule is O=C(Cn1ccc(=O)c2cc(Cl)ccc21)Nc1ccccn1. The van der Waals surface area contributed by atoms with Crippen LogP contribution in [-0.4, -0.2) is 15.5 Å². The minimum atomic E-state index is -0.224. The van der Waals surface area contributed by atoms with Gasteiger partial charge in [-0.25, -0.2) is 4.98 Å². The van der Waals surface area contributed by atoms with Crippen molar-refractivity contribution in [2.45, 2.75) is 6.54 Å². The van der Waals surface area contributed by atoms with E-state index in [-0.39, 0.29) is 17.9 Å². The molecule has 5 nitrogen and oxygen atoms in total. The first-order chi connectivity index (χ1) is 10.6. The van der Waals surface area contributed by atoms with Crippen molar-refractivity contribution in [3.8, 4) is 0 Å². The molecule has 0 aliphatic rings. The molecule has 3 aromatic rings. The van der Waals surface area contributed by atoms with Crippen LogP contribution in [0.1, 0.15) is 0 Å². The maximum Gasteiger partial charge on any atom is 0.245 e. The van der Waals surface area contributed by atoms with Gasteiger partial charge in [-0.05, 0) is 30.3 Å². The van der Waals surface area contributed by atoms with Crippen molar-refractivity contribution in [2.75, 3.05) is 5.32 Å². The summed E-state index contributed by atoms with van der Waals surface area (Å²) in [5, 5.41) is 3.68. The molecule has 0 spiro atoms. The highest BCUT2D eigenvalue weighted by molar-refractivity contribution is 6.31. The van der Waals surface area contributed by atoms with Crippen molar-refractivity contribution >= 4 is 34.2 Å². The molecule has 0 saturated carbocycles. The van der Waals surface area contributed by atoms with Crippen molar-refractivity contribution in [3.05, 3.63) is 70.1 Å². The maximum absolute atomic E-state index is 12.1. The van der Waals surface area contributed by atoms with Gasteiger partial charge in [-0.3, -0.25) is 9.59 Å². The summed E-state index contributed by atoms with van der Waals surface area (Å²) in [7, 11) is 0. The molecule has 6 heteroatoms. The number of nitrogens with zero attached hydrogens (tertiary/aromatic N) is 2. The third-order valence-electron chi connectivity index (χ3n) is 3.19. The number of rotatable bonds is 3. The highest BCUT2D eigenvalue weighted by Gasteiger charge is 2.08. The van der Waals surface area contributed by atoms with Crippen molar-refractivity contribution in [2.24, 2.45) is 0 Å². The summed E-state index contributed by atoms with van der Waals surface area (Å²) in [6.07, 6.45) is 3.20. The summed E-state index contributed by atoms with van der Waals surface area (Å²) in [5.74, 6) is 0.263. The van der Waals surface area contributed by atoms with E-state index in [9.17, 15) is 9.59 Å². The highest BCUT2D eigenvalue weighted by Crippen LogP contribution is 2.16. The van der Waals surface area contributed by atoms with Gasteiger partial charge in [-0.1, -0.05) is 17.7 Å². The number of nitrogens with one attached hydrogen (secondary N) is 1. The zero-order chi connectivity index (χ0) is 15.5. The Labute approximate surface area is 131 Å². The van der Waals surface area contributed by atoms with Crippen LogP contribution in [0.5, 0.6) is 0 Å². The van der Waals surface area contributed by atoms with E-state index in [0.717, 1.165) is 0 Å². The first-order valence-corrected chi connectivity index (χ1v) is 7.01. The summed E-state index contributed by atoms with van der Waals surface area (Å²) < 4.78 is 1.70. The van der Waals surface area contributed by atoms with Gasteiger partial charge in [-0.2, -0.15) is 0 Å². The van der Waals surface area contributed by atoms with E-state index in [0.29, 0.717) is 21.7 Å². The molecule has 3 rings (SSSR count). The molecule has 0 aliphatic carbocycles. The Kier molecular flexibility index (Phi) is 3.89. The molecule has 2 heterocycles. The average Bonchev–Trinajstić information content (AvgIpc) is 2.51. The van der Waals surface area contributed by atoms with Crippen molar-refractivity contribution in [3.63, 3.8) is 0 Å². The van der Waals surface area contributed by atoms with Gasteiger partial charge in [0.25, 0.3) is 0 Å². The molecule has 0 unspecified atom stereocenters. The number of pyridine rings is 2. The summed E-state index contributed by atoms with van der Waals surface area (Å²) in [5.41, 5.74) is 0.534. The Morgan fingerprint density at radius 3 is 2.86 bits per heavy atom. The third kappa shape index (κ3) is 2.99. The fourth-order valence-corrected chi connectivity index (χ4v) is 2.37. The predicted octanol–water partition coefficient (Wildman–Crippen LogP) is 2.69. The van der Waals surface area contributed by atoms with E-state index >= 15 is 0 Å². The van der Waals surface area contributed by atoms with Gasteiger partial charge in [0.05, 0.1) is 5.52 Å². The van der Waals surface area contributed by atoms with E-state index in [4.69, 9.17) is 11.6 Å². The summed E-state index contributed by atoms with van der Waals surface area (Å²) >= 11 is 5.92. The van der Waals surface area contributed by atoms with Crippen molar-refractivity contribution in [1.82, 2.24) is 9.55 Å². The van der Waals surface area contributed by atoms with Gasteiger partial charge < -0.3 is 9.88 Å². The predicted molar refractivity (Wildman–Crippen MR) is 86.1 cm³/mol. The zero-order valence-corrected chi connectivity index (χ0v) is 12.2. The second-order valence-corrected chi connectivity index (χ2v) is 5.17. The van der Waals surface area contributed by atoms with Crippen LogP contribution in [0.4, 0.5) is 5.82 Å². The standard InChI is InChI=1S/C16H12ClN3O2/c17-11-4-5-13-12(9-11)14(21)6-8-20(13)10-16(22)19-15-3-1-2-7-18-15/h1-9H,10H2,(H,18,19,22). The lowest BCUT2D eigenvalue weighted by molar-refractivity contribution is -0.116. The molecule has 2 aromatic heterocycles. The number of anilines is 1. The largest absolute Gasteiger partial charge is 0.338 e. The topological polar surface area (TPSA) is 64.0 Å². The number of aromatic nitrogens is 2. The maximum atomic E-state index is 12.1. The Morgan fingerprint density at radius 1 is 1.23 bits per heavy atom. The molecule has 0 aliphatic heterocycles. The van der Waals surface area contributed by atoms with Crippen LogP contribution in [0.3, 0.4) is 0 Å². The van der Waals surface area contributed by atoms with Crippen LogP contribution >= 0.6 is 11.6 Å². The zero-order valence-electron chi connectivity index (χ0n) is 11.5. The molecular weight excluding hydrogens is 302 g/mol. The van der Waals surface area contributed by atoms with E-state index < -0.39 is 0 Å². The van der Waals surface area contributed by atoms with Gasteiger partial charge >= 0.3 is 0 Å². The Bertz CT molecular complexity index is 891. The van der Waals surface area contributed by atoms with Gasteiger partial charge in [0.15, 0.2) is 5.43 Å². The minimum Gasteiger partial charge on any atom is -0.338 e. The highest BCUT2D eigenvalue weighted by atomic mass is 35.5. The molecule has 22 heavy (non-hydrogen) atoms. The molecule has 0 fully saturated rings. The number of carbonyl (C=O) groups is 1. The number of carbonyl (C=O) groups excluding carboxylic acids is 1. The Balaban J connectivity index is 1.89. The number of fused-ring (bicyclic) bond motifs is 1. The molecule has 1 amide bonds. The third-order valence-corrected chi connectivity index (χ3v) is 3.42. The average molecular weight is 314 g/mol.